The Morgan fingerprint density at radius 3 is 2.61 bits per heavy atom. The fraction of sp³-hybridized carbons (Fsp3) is 0.682. The fourth-order valence-corrected chi connectivity index (χ4v) is 4.15. The first-order valence-electron chi connectivity index (χ1n) is 10.7. The zero-order chi connectivity index (χ0) is 19.1. The summed E-state index contributed by atoms with van der Waals surface area (Å²) in [5.74, 6) is 1.10. The van der Waals surface area contributed by atoms with Gasteiger partial charge in [-0.3, -0.25) is 14.8 Å². The van der Waals surface area contributed by atoms with Crippen molar-refractivity contribution in [2.45, 2.75) is 51.7 Å². The van der Waals surface area contributed by atoms with Crippen molar-refractivity contribution in [1.82, 2.24) is 20.0 Å². The lowest BCUT2D eigenvalue weighted by Crippen LogP contribution is -2.43. The number of nitrogens with one attached hydrogen (secondary N) is 1. The number of rotatable bonds is 7. The third kappa shape index (κ3) is 6.59. The molecule has 5 nitrogen and oxygen atoms in total. The first kappa shape index (κ1) is 23.4. The van der Waals surface area contributed by atoms with E-state index in [4.69, 9.17) is 4.99 Å². The number of benzene rings is 1. The Kier molecular flexibility index (Phi) is 10.0. The maximum absolute atomic E-state index is 4.99. The quantitative estimate of drug-likeness (QED) is 0.355. The van der Waals surface area contributed by atoms with Crippen LogP contribution in [0.5, 0.6) is 0 Å². The molecule has 1 aromatic rings. The van der Waals surface area contributed by atoms with Crippen molar-refractivity contribution < 1.29 is 0 Å². The van der Waals surface area contributed by atoms with Crippen LogP contribution in [0.25, 0.3) is 0 Å². The van der Waals surface area contributed by atoms with E-state index in [0.29, 0.717) is 6.04 Å². The maximum atomic E-state index is 4.99. The summed E-state index contributed by atoms with van der Waals surface area (Å²) in [5, 5.41) is 3.52. The summed E-state index contributed by atoms with van der Waals surface area (Å²) >= 11 is 0. The molecule has 0 saturated carbocycles. The fourth-order valence-electron chi connectivity index (χ4n) is 4.15. The lowest BCUT2D eigenvalue weighted by Gasteiger charge is -2.27. The van der Waals surface area contributed by atoms with Crippen molar-refractivity contribution in [3.05, 3.63) is 35.9 Å². The predicted molar refractivity (Wildman–Crippen MR) is 130 cm³/mol. The van der Waals surface area contributed by atoms with Crippen LogP contribution in [-0.2, 0) is 6.54 Å². The van der Waals surface area contributed by atoms with E-state index < -0.39 is 0 Å². The van der Waals surface area contributed by atoms with Crippen LogP contribution >= 0.6 is 24.0 Å². The van der Waals surface area contributed by atoms with Crippen LogP contribution in [0, 0.1) is 0 Å². The van der Waals surface area contributed by atoms with E-state index in [2.05, 4.69) is 71.2 Å². The van der Waals surface area contributed by atoms with E-state index in [1.165, 1.54) is 37.9 Å². The van der Waals surface area contributed by atoms with Gasteiger partial charge in [0, 0.05) is 38.3 Å². The summed E-state index contributed by atoms with van der Waals surface area (Å²) in [6, 6.07) is 11.8. The molecule has 6 heteroatoms. The van der Waals surface area contributed by atoms with E-state index in [9.17, 15) is 0 Å². The zero-order valence-electron chi connectivity index (χ0n) is 17.8. The van der Waals surface area contributed by atoms with Crippen molar-refractivity contribution in [3.8, 4) is 0 Å². The number of hydrogen-bond acceptors (Lipinski definition) is 3. The maximum Gasteiger partial charge on any atom is 0.194 e. The molecule has 0 amide bonds. The minimum absolute atomic E-state index is 0. The number of likely N-dealkylation sites (N-methyl/N-ethyl adjacent to an activating group) is 1. The van der Waals surface area contributed by atoms with Crippen LogP contribution in [0.3, 0.4) is 0 Å². The highest BCUT2D eigenvalue weighted by molar-refractivity contribution is 14.0. The molecule has 0 aromatic heterocycles. The summed E-state index contributed by atoms with van der Waals surface area (Å²) in [7, 11) is 2.19. The molecule has 2 heterocycles. The Morgan fingerprint density at radius 1 is 1.21 bits per heavy atom. The average molecular weight is 499 g/mol. The molecule has 1 aromatic carbocycles. The van der Waals surface area contributed by atoms with Crippen LogP contribution in [0.1, 0.15) is 38.7 Å². The summed E-state index contributed by atoms with van der Waals surface area (Å²) in [6.07, 6.45) is 4.01. The van der Waals surface area contributed by atoms with Gasteiger partial charge in [-0.1, -0.05) is 30.3 Å². The van der Waals surface area contributed by atoms with Crippen molar-refractivity contribution in [2.24, 2.45) is 4.99 Å². The molecule has 2 fully saturated rings. The van der Waals surface area contributed by atoms with Gasteiger partial charge in [0.05, 0.1) is 6.54 Å². The number of nitrogens with zero attached hydrogens (tertiary/aromatic N) is 4. The Morgan fingerprint density at radius 2 is 1.93 bits per heavy atom. The zero-order valence-corrected chi connectivity index (χ0v) is 20.1. The van der Waals surface area contributed by atoms with Crippen LogP contribution in [0.4, 0.5) is 0 Å². The largest absolute Gasteiger partial charge is 0.357 e. The normalized spacial score (nSPS) is 21.8. The van der Waals surface area contributed by atoms with Crippen LogP contribution < -0.4 is 5.32 Å². The lowest BCUT2D eigenvalue weighted by molar-refractivity contribution is 0.247. The number of likely N-dealkylation sites (tertiary alicyclic amines) is 2. The Bertz CT molecular complexity index is 588. The first-order chi connectivity index (χ1) is 13.2. The SMILES string of the molecule is CCNC(=NCC(C)N(C)Cc1ccccc1)N1CCC(N2CCCC2)C1.I. The molecule has 2 aliphatic heterocycles. The van der Waals surface area contributed by atoms with Gasteiger partial charge in [0.15, 0.2) is 5.96 Å². The number of hydrogen-bond donors (Lipinski definition) is 1. The monoisotopic (exact) mass is 499 g/mol. The predicted octanol–water partition coefficient (Wildman–Crippen LogP) is 3.26. The lowest BCUT2D eigenvalue weighted by atomic mass is 10.2. The third-order valence-corrected chi connectivity index (χ3v) is 5.99. The van der Waals surface area contributed by atoms with Crippen LogP contribution in [-0.4, -0.2) is 79.1 Å². The van der Waals surface area contributed by atoms with E-state index >= 15 is 0 Å². The van der Waals surface area contributed by atoms with Gasteiger partial charge in [-0.15, -0.1) is 24.0 Å². The molecule has 2 unspecified atom stereocenters. The Hall–Kier alpha value is -0.860. The van der Waals surface area contributed by atoms with E-state index in [-0.39, 0.29) is 24.0 Å². The minimum Gasteiger partial charge on any atom is -0.357 e. The Labute approximate surface area is 188 Å². The molecule has 28 heavy (non-hydrogen) atoms. The standard InChI is InChI=1S/C22H37N5.HI/c1-4-23-22(27-15-12-21(18-27)26-13-8-9-14-26)24-16-19(2)25(3)17-20-10-6-5-7-11-20;/h5-7,10-11,19,21H,4,8-9,12-18H2,1-3H3,(H,23,24);1H. The topological polar surface area (TPSA) is 34.1 Å². The van der Waals surface area contributed by atoms with Crippen molar-refractivity contribution >= 4 is 29.9 Å². The second-order valence-corrected chi connectivity index (χ2v) is 8.08. The van der Waals surface area contributed by atoms with E-state index in [1.807, 2.05) is 0 Å². The summed E-state index contributed by atoms with van der Waals surface area (Å²) < 4.78 is 0. The molecule has 0 bridgehead atoms. The summed E-state index contributed by atoms with van der Waals surface area (Å²) in [4.78, 5) is 12.5. The molecule has 1 N–H and O–H groups in total. The van der Waals surface area contributed by atoms with Gasteiger partial charge in [0.2, 0.25) is 0 Å². The third-order valence-electron chi connectivity index (χ3n) is 5.99. The number of aliphatic imine (C=N–C) groups is 1. The van der Waals surface area contributed by atoms with Gasteiger partial charge in [-0.2, -0.15) is 0 Å². The van der Waals surface area contributed by atoms with Crippen molar-refractivity contribution in [3.63, 3.8) is 0 Å². The molecule has 2 aliphatic rings. The highest BCUT2D eigenvalue weighted by atomic mass is 127. The first-order valence-corrected chi connectivity index (χ1v) is 10.7. The molecule has 0 aliphatic carbocycles. The van der Waals surface area contributed by atoms with Crippen molar-refractivity contribution in [1.29, 1.82) is 0 Å². The Balaban J connectivity index is 0.00000280. The van der Waals surface area contributed by atoms with Gasteiger partial charge in [-0.05, 0) is 58.8 Å². The highest BCUT2D eigenvalue weighted by Crippen LogP contribution is 2.20. The molecular weight excluding hydrogens is 461 g/mol. The molecule has 158 valence electrons. The van der Waals surface area contributed by atoms with Crippen LogP contribution in [0.2, 0.25) is 0 Å². The van der Waals surface area contributed by atoms with Crippen LogP contribution in [0.15, 0.2) is 35.3 Å². The second-order valence-electron chi connectivity index (χ2n) is 8.08. The highest BCUT2D eigenvalue weighted by Gasteiger charge is 2.30. The molecule has 2 atom stereocenters. The summed E-state index contributed by atoms with van der Waals surface area (Å²) in [6.45, 7) is 12.0. The van der Waals surface area contributed by atoms with Gasteiger partial charge >= 0.3 is 0 Å². The number of guanidine groups is 1. The van der Waals surface area contributed by atoms with Gasteiger partial charge in [0.25, 0.3) is 0 Å². The number of halogens is 1. The molecule has 3 rings (SSSR count). The van der Waals surface area contributed by atoms with Gasteiger partial charge < -0.3 is 10.2 Å². The molecule has 2 saturated heterocycles. The van der Waals surface area contributed by atoms with E-state index in [0.717, 1.165) is 44.7 Å². The summed E-state index contributed by atoms with van der Waals surface area (Å²) in [5.41, 5.74) is 1.36. The second kappa shape index (κ2) is 12.0. The van der Waals surface area contributed by atoms with Gasteiger partial charge in [0.1, 0.15) is 0 Å². The average Bonchev–Trinajstić information content (AvgIpc) is 3.37. The van der Waals surface area contributed by atoms with Crippen molar-refractivity contribution in [2.75, 3.05) is 46.3 Å². The molecule has 0 spiro atoms. The molecule has 0 radical (unpaired) electrons. The molecular formula is C22H38IN5. The van der Waals surface area contributed by atoms with E-state index in [1.54, 1.807) is 0 Å². The minimum atomic E-state index is 0. The smallest absolute Gasteiger partial charge is 0.194 e. The van der Waals surface area contributed by atoms with Gasteiger partial charge in [-0.25, -0.2) is 0 Å².